The van der Waals surface area contributed by atoms with E-state index >= 15 is 0 Å². The van der Waals surface area contributed by atoms with Crippen molar-refractivity contribution < 1.29 is 4.57 Å². The predicted molar refractivity (Wildman–Crippen MR) is 109 cm³/mol. The van der Waals surface area contributed by atoms with Gasteiger partial charge in [0.15, 0.2) is 0 Å². The number of hydrogen-bond acceptors (Lipinski definition) is 1. The van der Waals surface area contributed by atoms with Crippen molar-refractivity contribution in [3.63, 3.8) is 0 Å². The van der Waals surface area contributed by atoms with Crippen LogP contribution < -0.4 is 4.57 Å². The van der Waals surface area contributed by atoms with Gasteiger partial charge in [0.1, 0.15) is 18.3 Å². The van der Waals surface area contributed by atoms with Gasteiger partial charge in [-0.05, 0) is 69.2 Å². The molecule has 0 aliphatic heterocycles. The van der Waals surface area contributed by atoms with Crippen LogP contribution >= 0.6 is 0 Å². The first-order chi connectivity index (χ1) is 12.5. The Kier molecular flexibility index (Phi) is 4.30. The molecule has 4 rings (SSSR count). The Balaban J connectivity index is 1.99. The molecule has 0 unspecified atom stereocenters. The van der Waals surface area contributed by atoms with Crippen molar-refractivity contribution >= 4 is 11.0 Å². The first-order valence-corrected chi connectivity index (χ1v) is 9.85. The van der Waals surface area contributed by atoms with Crippen LogP contribution in [0, 0.1) is 27.7 Å². The van der Waals surface area contributed by atoms with Gasteiger partial charge in [-0.2, -0.15) is 4.57 Å². The third-order valence-electron chi connectivity index (χ3n) is 6.23. The Hall–Kier alpha value is -2.22. The second-order valence-corrected chi connectivity index (χ2v) is 8.06. The number of rotatable bonds is 2. The van der Waals surface area contributed by atoms with Crippen molar-refractivity contribution in [3.8, 4) is 11.3 Å². The molecular formula is C24H29N2+. The van der Waals surface area contributed by atoms with Crippen LogP contribution in [-0.4, -0.2) is 4.98 Å². The van der Waals surface area contributed by atoms with Gasteiger partial charge >= 0.3 is 0 Å². The van der Waals surface area contributed by atoms with Crippen LogP contribution in [0.3, 0.4) is 0 Å². The van der Waals surface area contributed by atoms with Crippen LogP contribution in [0.25, 0.3) is 22.3 Å². The monoisotopic (exact) mass is 345 g/mol. The van der Waals surface area contributed by atoms with E-state index in [9.17, 15) is 0 Å². The topological polar surface area (TPSA) is 16.8 Å². The van der Waals surface area contributed by atoms with Gasteiger partial charge in [0.25, 0.3) is 0 Å². The summed E-state index contributed by atoms with van der Waals surface area (Å²) in [5.41, 5.74) is 11.6. The second kappa shape index (κ2) is 6.50. The third-order valence-corrected chi connectivity index (χ3v) is 6.23. The third kappa shape index (κ3) is 2.72. The molecule has 3 aromatic rings. The number of benzene rings is 2. The lowest BCUT2D eigenvalue weighted by Gasteiger charge is -2.15. The van der Waals surface area contributed by atoms with Gasteiger partial charge in [0, 0.05) is 6.07 Å². The molecule has 1 saturated carbocycles. The first-order valence-electron chi connectivity index (χ1n) is 9.85. The van der Waals surface area contributed by atoms with E-state index < -0.39 is 0 Å². The number of hydrogen-bond donors (Lipinski definition) is 0. The van der Waals surface area contributed by atoms with Crippen LogP contribution in [0.2, 0.25) is 0 Å². The number of nitrogens with zero attached hydrogens (tertiary/aromatic N) is 2. The fourth-order valence-corrected chi connectivity index (χ4v) is 4.75. The van der Waals surface area contributed by atoms with Crippen LogP contribution in [0.5, 0.6) is 0 Å². The Morgan fingerprint density at radius 2 is 1.73 bits per heavy atom. The van der Waals surface area contributed by atoms with Crippen molar-refractivity contribution in [1.82, 2.24) is 4.98 Å². The highest BCUT2D eigenvalue weighted by Gasteiger charge is 2.26. The maximum absolute atomic E-state index is 5.14. The summed E-state index contributed by atoms with van der Waals surface area (Å²) in [5.74, 6) is 0.680. The molecule has 0 radical (unpaired) electrons. The standard InChI is InChI=1S/C24H29N2/c1-15-13-16(2)17(3)21(14-15)24-18(4)25-23-20(19-9-6-7-10-19)11-8-12-22(23)26(24)5/h8,11-14,19H,6-7,9-10H2,1-5H3/q+1. The number of aryl methyl sites for hydroxylation is 4. The minimum atomic E-state index is 0.680. The molecule has 0 atom stereocenters. The fourth-order valence-electron chi connectivity index (χ4n) is 4.75. The molecule has 1 aromatic heterocycles. The lowest BCUT2D eigenvalue weighted by Crippen LogP contribution is -2.34. The molecule has 0 amide bonds. The van der Waals surface area contributed by atoms with Gasteiger partial charge in [0.2, 0.25) is 11.2 Å². The average molecular weight is 346 g/mol. The molecule has 1 fully saturated rings. The minimum Gasteiger partial charge on any atom is -0.239 e. The van der Waals surface area contributed by atoms with Crippen molar-refractivity contribution in [3.05, 3.63) is 58.3 Å². The maximum atomic E-state index is 5.14. The van der Waals surface area contributed by atoms with E-state index in [1.807, 2.05) is 0 Å². The number of aromatic nitrogens is 2. The largest absolute Gasteiger partial charge is 0.239 e. The highest BCUT2D eigenvalue weighted by Crippen LogP contribution is 2.37. The van der Waals surface area contributed by atoms with Crippen LogP contribution in [0.1, 0.15) is 59.5 Å². The molecule has 2 aromatic carbocycles. The van der Waals surface area contributed by atoms with Crippen molar-refractivity contribution in [1.29, 1.82) is 0 Å². The van der Waals surface area contributed by atoms with Gasteiger partial charge in [-0.25, -0.2) is 4.98 Å². The van der Waals surface area contributed by atoms with Crippen LogP contribution in [0.15, 0.2) is 30.3 Å². The zero-order valence-corrected chi connectivity index (χ0v) is 16.7. The zero-order chi connectivity index (χ0) is 18.4. The summed E-state index contributed by atoms with van der Waals surface area (Å²) in [4.78, 5) is 5.14. The smallest absolute Gasteiger partial charge is 0.234 e. The summed E-state index contributed by atoms with van der Waals surface area (Å²) in [6, 6.07) is 11.3. The van der Waals surface area contributed by atoms with Gasteiger partial charge in [-0.15, -0.1) is 0 Å². The van der Waals surface area contributed by atoms with E-state index in [-0.39, 0.29) is 0 Å². The molecule has 0 saturated heterocycles. The Labute approximate surface area is 156 Å². The molecule has 2 nitrogen and oxygen atoms in total. The minimum absolute atomic E-state index is 0.680. The SMILES string of the molecule is Cc1cc(C)c(C)c(-c2c(C)nc3c(C4CCCC4)cccc3[n+]2C)c1. The van der Waals surface area contributed by atoms with E-state index in [4.69, 9.17) is 4.98 Å². The van der Waals surface area contributed by atoms with E-state index in [0.29, 0.717) is 5.92 Å². The molecule has 2 heteroatoms. The lowest BCUT2D eigenvalue weighted by atomic mass is 9.94. The molecule has 0 N–H and O–H groups in total. The molecule has 1 aliphatic carbocycles. The summed E-state index contributed by atoms with van der Waals surface area (Å²) in [7, 11) is 2.20. The van der Waals surface area contributed by atoms with Gasteiger partial charge < -0.3 is 0 Å². The fraction of sp³-hybridized carbons (Fsp3) is 0.417. The number of fused-ring (bicyclic) bond motifs is 1. The molecule has 1 heterocycles. The molecule has 26 heavy (non-hydrogen) atoms. The zero-order valence-electron chi connectivity index (χ0n) is 16.7. The Morgan fingerprint density at radius 1 is 1.00 bits per heavy atom. The quantitative estimate of drug-likeness (QED) is 0.551. The molecule has 134 valence electrons. The molecule has 0 bridgehead atoms. The summed E-state index contributed by atoms with van der Waals surface area (Å²) >= 11 is 0. The Bertz CT molecular complexity index is 995. The highest BCUT2D eigenvalue weighted by molar-refractivity contribution is 5.78. The summed E-state index contributed by atoms with van der Waals surface area (Å²) in [5, 5.41) is 0. The number of para-hydroxylation sites is 1. The highest BCUT2D eigenvalue weighted by atomic mass is 15.0. The molecule has 1 aliphatic rings. The van der Waals surface area contributed by atoms with E-state index in [0.717, 1.165) is 5.69 Å². The van der Waals surface area contributed by atoms with Crippen LogP contribution in [-0.2, 0) is 7.05 Å². The van der Waals surface area contributed by atoms with Crippen molar-refractivity contribution in [2.75, 3.05) is 0 Å². The van der Waals surface area contributed by atoms with Gasteiger partial charge in [-0.1, -0.05) is 36.6 Å². The maximum Gasteiger partial charge on any atom is 0.234 e. The van der Waals surface area contributed by atoms with E-state index in [1.54, 1.807) is 0 Å². The first kappa shape index (κ1) is 17.2. The Morgan fingerprint density at radius 3 is 2.46 bits per heavy atom. The van der Waals surface area contributed by atoms with E-state index in [1.165, 1.54) is 70.2 Å². The molecular weight excluding hydrogens is 316 g/mol. The van der Waals surface area contributed by atoms with Crippen LogP contribution in [0.4, 0.5) is 0 Å². The van der Waals surface area contributed by atoms with E-state index in [2.05, 4.69) is 69.6 Å². The normalized spacial score (nSPS) is 15.1. The second-order valence-electron chi connectivity index (χ2n) is 8.06. The average Bonchev–Trinajstić information content (AvgIpc) is 3.13. The summed E-state index contributed by atoms with van der Waals surface area (Å²) in [6.07, 6.45) is 5.32. The van der Waals surface area contributed by atoms with Crippen molar-refractivity contribution in [2.45, 2.75) is 59.3 Å². The van der Waals surface area contributed by atoms with Gasteiger partial charge in [-0.3, -0.25) is 0 Å². The van der Waals surface area contributed by atoms with Crippen molar-refractivity contribution in [2.24, 2.45) is 7.05 Å². The predicted octanol–water partition coefficient (Wildman–Crippen LogP) is 5.62. The lowest BCUT2D eigenvalue weighted by molar-refractivity contribution is -0.634. The summed E-state index contributed by atoms with van der Waals surface area (Å²) in [6.45, 7) is 8.77. The summed E-state index contributed by atoms with van der Waals surface area (Å²) < 4.78 is 2.36. The molecule has 0 spiro atoms. The van der Waals surface area contributed by atoms with Gasteiger partial charge in [0.05, 0.1) is 5.56 Å².